The number of hydroxylamine groups is 1. The van der Waals surface area contributed by atoms with Gasteiger partial charge in [-0.15, -0.1) is 0 Å². The number of nitrogens with one attached hydrogen (secondary N) is 2. The van der Waals surface area contributed by atoms with E-state index in [1.807, 2.05) is 0 Å². The number of piperidine rings is 2. The molecular formula is C30H34N6O10S2. The SMILES string of the molecule is O=C(NC1CCNCC1)[C@@H]1CC[C@@H](N(OCc2ccccc2)S(=O)(=O)c2ccc([N+](=O)[O-])cc2)CN1S(=O)(=O)c1ccc([N+](=O)[O-])cc1. The van der Waals surface area contributed by atoms with Crippen LogP contribution in [-0.4, -0.2) is 79.1 Å². The summed E-state index contributed by atoms with van der Waals surface area (Å²) in [6, 6.07) is 14.5. The minimum atomic E-state index is -4.54. The van der Waals surface area contributed by atoms with Crippen molar-refractivity contribution in [2.45, 2.75) is 60.2 Å². The molecule has 1 amide bonds. The number of non-ortho nitro benzene ring substituents is 2. The third-order valence-electron chi connectivity index (χ3n) is 8.24. The monoisotopic (exact) mass is 702 g/mol. The van der Waals surface area contributed by atoms with Gasteiger partial charge in [0, 0.05) is 36.9 Å². The Balaban J connectivity index is 1.51. The van der Waals surface area contributed by atoms with Crippen molar-refractivity contribution >= 4 is 37.3 Å². The minimum Gasteiger partial charge on any atom is -0.352 e. The highest BCUT2D eigenvalue weighted by atomic mass is 32.2. The molecule has 0 aliphatic carbocycles. The first-order valence-electron chi connectivity index (χ1n) is 15.1. The van der Waals surface area contributed by atoms with Crippen molar-refractivity contribution in [1.82, 2.24) is 19.4 Å². The zero-order valence-electron chi connectivity index (χ0n) is 25.6. The van der Waals surface area contributed by atoms with Crippen LogP contribution in [0.1, 0.15) is 31.2 Å². The van der Waals surface area contributed by atoms with E-state index in [0.29, 0.717) is 36.0 Å². The van der Waals surface area contributed by atoms with Gasteiger partial charge in [0.05, 0.1) is 32.3 Å². The van der Waals surface area contributed by atoms with E-state index in [2.05, 4.69) is 10.6 Å². The maximum Gasteiger partial charge on any atom is 0.269 e. The van der Waals surface area contributed by atoms with Crippen LogP contribution in [0.15, 0.2) is 88.7 Å². The summed E-state index contributed by atoms with van der Waals surface area (Å²) in [6.07, 6.45) is 1.24. The standard InChI is InChI=1S/C30H34N6O10S2/c37-30(32-23-16-18-31-19-17-23)29-15-10-26(20-33(29)47(42,43)27-11-6-24(7-12-27)34(38)39)36(46-21-22-4-2-1-3-5-22)48(44,45)28-13-8-25(9-14-28)35(40)41/h1-9,11-14,23,26,29,31H,10,15-21H2,(H,32,37)/t26-,29+/m1/s1. The van der Waals surface area contributed by atoms with Crippen LogP contribution in [0.5, 0.6) is 0 Å². The summed E-state index contributed by atoms with van der Waals surface area (Å²) in [4.78, 5) is 40.0. The fourth-order valence-electron chi connectivity index (χ4n) is 5.69. The molecule has 0 saturated carbocycles. The molecule has 2 aliphatic heterocycles. The zero-order valence-corrected chi connectivity index (χ0v) is 27.2. The van der Waals surface area contributed by atoms with Crippen LogP contribution in [0, 0.1) is 20.2 Å². The topological polar surface area (TPSA) is 211 Å². The molecule has 0 radical (unpaired) electrons. The Morgan fingerprint density at radius 3 is 1.96 bits per heavy atom. The number of carbonyl (C=O) groups excluding carboxylic acids is 1. The van der Waals surface area contributed by atoms with Gasteiger partial charge in [-0.2, -0.15) is 4.31 Å². The van der Waals surface area contributed by atoms with E-state index in [9.17, 15) is 41.9 Å². The number of amides is 1. The van der Waals surface area contributed by atoms with Crippen LogP contribution in [0.4, 0.5) is 11.4 Å². The average Bonchev–Trinajstić information content (AvgIpc) is 3.09. The zero-order chi connectivity index (χ0) is 34.5. The highest BCUT2D eigenvalue weighted by molar-refractivity contribution is 7.89. The first-order valence-corrected chi connectivity index (χ1v) is 18.0. The number of rotatable bonds is 12. The van der Waals surface area contributed by atoms with Crippen LogP contribution in [0.25, 0.3) is 0 Å². The number of hydrogen-bond acceptors (Lipinski definition) is 11. The van der Waals surface area contributed by atoms with Crippen molar-refractivity contribution in [3.8, 4) is 0 Å². The molecule has 18 heteroatoms. The van der Waals surface area contributed by atoms with E-state index in [0.717, 1.165) is 52.8 Å². The van der Waals surface area contributed by atoms with E-state index in [1.54, 1.807) is 30.3 Å². The lowest BCUT2D eigenvalue weighted by atomic mass is 9.99. The van der Waals surface area contributed by atoms with Gasteiger partial charge in [-0.3, -0.25) is 29.9 Å². The van der Waals surface area contributed by atoms with Gasteiger partial charge in [0.15, 0.2) is 0 Å². The molecule has 256 valence electrons. The number of benzene rings is 3. The first kappa shape index (κ1) is 35.0. The molecular weight excluding hydrogens is 668 g/mol. The summed E-state index contributed by atoms with van der Waals surface area (Å²) >= 11 is 0. The van der Waals surface area contributed by atoms with Gasteiger partial charge in [-0.05, 0) is 68.6 Å². The molecule has 5 rings (SSSR count). The van der Waals surface area contributed by atoms with E-state index in [1.165, 1.54) is 0 Å². The summed E-state index contributed by atoms with van der Waals surface area (Å²) in [7, 11) is -9.05. The van der Waals surface area contributed by atoms with E-state index in [-0.39, 0.29) is 46.7 Å². The van der Waals surface area contributed by atoms with Gasteiger partial charge >= 0.3 is 0 Å². The van der Waals surface area contributed by atoms with Gasteiger partial charge in [-0.25, -0.2) is 16.8 Å². The predicted molar refractivity (Wildman–Crippen MR) is 171 cm³/mol. The predicted octanol–water partition coefficient (Wildman–Crippen LogP) is 2.72. The molecule has 16 nitrogen and oxygen atoms in total. The van der Waals surface area contributed by atoms with Crippen LogP contribution in [0.3, 0.4) is 0 Å². The quantitative estimate of drug-likeness (QED) is 0.207. The molecule has 0 aromatic heterocycles. The molecule has 2 heterocycles. The summed E-state index contributed by atoms with van der Waals surface area (Å²) in [5.41, 5.74) is -0.0431. The van der Waals surface area contributed by atoms with Crippen molar-refractivity contribution in [2.75, 3.05) is 19.6 Å². The van der Waals surface area contributed by atoms with E-state index < -0.39 is 54.4 Å². The molecule has 2 atom stereocenters. The molecule has 2 saturated heterocycles. The Morgan fingerprint density at radius 2 is 1.40 bits per heavy atom. The summed E-state index contributed by atoms with van der Waals surface area (Å²) in [6.45, 7) is 0.649. The van der Waals surface area contributed by atoms with Gasteiger partial charge in [0.25, 0.3) is 21.4 Å². The van der Waals surface area contributed by atoms with Crippen molar-refractivity contribution in [3.05, 3.63) is 105 Å². The van der Waals surface area contributed by atoms with Gasteiger partial charge in [-0.1, -0.05) is 34.8 Å². The number of nitro benzene ring substituents is 2. The van der Waals surface area contributed by atoms with Crippen molar-refractivity contribution in [1.29, 1.82) is 0 Å². The molecule has 0 unspecified atom stereocenters. The Morgan fingerprint density at radius 1 is 0.833 bits per heavy atom. The summed E-state index contributed by atoms with van der Waals surface area (Å²) in [5.74, 6) is -0.541. The Kier molecular flexibility index (Phi) is 10.8. The Labute approximate surface area is 277 Å². The number of sulfonamides is 2. The van der Waals surface area contributed by atoms with Crippen LogP contribution >= 0.6 is 0 Å². The van der Waals surface area contributed by atoms with Crippen LogP contribution in [0.2, 0.25) is 0 Å². The smallest absolute Gasteiger partial charge is 0.269 e. The van der Waals surface area contributed by atoms with E-state index >= 15 is 0 Å². The molecule has 2 N–H and O–H groups in total. The van der Waals surface area contributed by atoms with Gasteiger partial charge in [0.1, 0.15) is 6.04 Å². The van der Waals surface area contributed by atoms with Gasteiger partial charge < -0.3 is 10.6 Å². The normalized spacial score (nSPS) is 19.5. The fourth-order valence-corrected chi connectivity index (χ4v) is 8.79. The average molecular weight is 703 g/mol. The highest BCUT2D eigenvalue weighted by Crippen LogP contribution is 2.32. The highest BCUT2D eigenvalue weighted by Gasteiger charge is 2.46. The Bertz CT molecular complexity index is 1840. The lowest BCUT2D eigenvalue weighted by Gasteiger charge is -2.41. The molecule has 2 fully saturated rings. The van der Waals surface area contributed by atoms with Crippen LogP contribution < -0.4 is 10.6 Å². The Hall–Kier alpha value is -4.33. The fraction of sp³-hybridized carbons (Fsp3) is 0.367. The summed E-state index contributed by atoms with van der Waals surface area (Å²) < 4.78 is 58.0. The lowest BCUT2D eigenvalue weighted by Crippen LogP contribution is -2.60. The number of carbonyl (C=O) groups is 1. The van der Waals surface area contributed by atoms with Gasteiger partial charge in [0.2, 0.25) is 15.9 Å². The number of nitrogens with zero attached hydrogens (tertiary/aromatic N) is 4. The minimum absolute atomic E-state index is 0.0254. The van der Waals surface area contributed by atoms with E-state index in [4.69, 9.17) is 4.84 Å². The molecule has 48 heavy (non-hydrogen) atoms. The molecule has 3 aromatic rings. The lowest BCUT2D eigenvalue weighted by molar-refractivity contribution is -0.385. The molecule has 3 aromatic carbocycles. The largest absolute Gasteiger partial charge is 0.352 e. The third kappa shape index (κ3) is 7.86. The molecule has 0 spiro atoms. The maximum absolute atomic E-state index is 14.1. The second kappa shape index (κ2) is 14.8. The third-order valence-corrected chi connectivity index (χ3v) is 11.9. The van der Waals surface area contributed by atoms with Crippen LogP contribution in [-0.2, 0) is 36.3 Å². The first-order chi connectivity index (χ1) is 22.9. The van der Waals surface area contributed by atoms with Crippen molar-refractivity contribution in [3.63, 3.8) is 0 Å². The summed E-state index contributed by atoms with van der Waals surface area (Å²) in [5, 5.41) is 28.6. The maximum atomic E-state index is 14.1. The molecule has 0 bridgehead atoms. The molecule has 2 aliphatic rings. The second-order valence-electron chi connectivity index (χ2n) is 11.4. The second-order valence-corrected chi connectivity index (χ2v) is 15.0. The van der Waals surface area contributed by atoms with Crippen molar-refractivity contribution < 1.29 is 36.3 Å². The van der Waals surface area contributed by atoms with Crippen molar-refractivity contribution in [2.24, 2.45) is 0 Å². The number of nitro groups is 2. The number of hydrogen-bond donors (Lipinski definition) is 2.